The highest BCUT2D eigenvalue weighted by atomic mass is 15.3. The number of hydrogen-bond acceptors (Lipinski definition) is 3. The van der Waals surface area contributed by atoms with Gasteiger partial charge in [0.2, 0.25) is 0 Å². The lowest BCUT2D eigenvalue weighted by molar-refractivity contribution is 0.120. The second-order valence-corrected chi connectivity index (χ2v) is 7.34. The number of nitrogens with zero attached hydrogens (tertiary/aromatic N) is 3. The van der Waals surface area contributed by atoms with Crippen LogP contribution >= 0.6 is 0 Å². The number of benzene rings is 1. The monoisotopic (exact) mass is 345 g/mol. The Balaban J connectivity index is 1.75. The van der Waals surface area contributed by atoms with Crippen molar-refractivity contribution in [1.29, 1.82) is 0 Å². The zero-order valence-corrected chi connectivity index (χ0v) is 16.5. The third-order valence-corrected chi connectivity index (χ3v) is 5.14. The first-order chi connectivity index (χ1) is 12.0. The average molecular weight is 346 g/mol. The molecule has 2 N–H and O–H groups in total. The van der Waals surface area contributed by atoms with Crippen LogP contribution in [0, 0.1) is 6.92 Å². The van der Waals surface area contributed by atoms with Crippen molar-refractivity contribution in [2.24, 2.45) is 4.99 Å². The van der Waals surface area contributed by atoms with E-state index in [-0.39, 0.29) is 0 Å². The predicted octanol–water partition coefficient (Wildman–Crippen LogP) is 1.90. The quantitative estimate of drug-likeness (QED) is 0.610. The molecule has 0 aromatic heterocycles. The number of aliphatic imine (C=N–C) groups is 1. The van der Waals surface area contributed by atoms with Gasteiger partial charge in [-0.25, -0.2) is 0 Å². The molecule has 1 saturated heterocycles. The van der Waals surface area contributed by atoms with Gasteiger partial charge in [0, 0.05) is 52.4 Å². The van der Waals surface area contributed by atoms with Gasteiger partial charge >= 0.3 is 0 Å². The summed E-state index contributed by atoms with van der Waals surface area (Å²) in [7, 11) is 4.04. The van der Waals surface area contributed by atoms with E-state index in [9.17, 15) is 0 Å². The Morgan fingerprint density at radius 1 is 1.12 bits per heavy atom. The van der Waals surface area contributed by atoms with Gasteiger partial charge < -0.3 is 15.5 Å². The number of hydrogen-bond donors (Lipinski definition) is 2. The third-order valence-electron chi connectivity index (χ3n) is 5.14. The Hall–Kier alpha value is -1.59. The highest BCUT2D eigenvalue weighted by Crippen LogP contribution is 2.15. The first kappa shape index (κ1) is 19.7. The van der Waals surface area contributed by atoms with Crippen molar-refractivity contribution in [3.05, 3.63) is 35.4 Å². The standard InChI is InChI=1S/C20H35N5/c1-16-7-6-8-19(13-16)17(2)14-22-20(21-4)23-15-18(3)25-11-9-24(5)10-12-25/h6-8,13,17-18H,9-12,14-15H2,1-5H3,(H2,21,22,23). The topological polar surface area (TPSA) is 42.9 Å². The Bertz CT molecular complexity index is 549. The fraction of sp³-hybridized carbons (Fsp3) is 0.650. The van der Waals surface area contributed by atoms with Gasteiger partial charge in [-0.3, -0.25) is 9.89 Å². The molecule has 2 atom stereocenters. The summed E-state index contributed by atoms with van der Waals surface area (Å²) in [6.45, 7) is 13.1. The summed E-state index contributed by atoms with van der Waals surface area (Å²) in [6.07, 6.45) is 0. The van der Waals surface area contributed by atoms with Crippen molar-refractivity contribution in [3.63, 3.8) is 0 Å². The van der Waals surface area contributed by atoms with E-state index in [0.29, 0.717) is 12.0 Å². The Labute approximate surface area is 153 Å². The summed E-state index contributed by atoms with van der Waals surface area (Å²) in [5, 5.41) is 6.94. The van der Waals surface area contributed by atoms with Crippen LogP contribution in [0.2, 0.25) is 0 Å². The van der Waals surface area contributed by atoms with Crippen molar-refractivity contribution in [2.45, 2.75) is 32.7 Å². The smallest absolute Gasteiger partial charge is 0.191 e. The van der Waals surface area contributed by atoms with E-state index in [1.54, 1.807) is 0 Å². The molecule has 5 heteroatoms. The predicted molar refractivity (Wildman–Crippen MR) is 107 cm³/mol. The highest BCUT2D eigenvalue weighted by molar-refractivity contribution is 5.79. The number of piperazine rings is 1. The first-order valence-electron chi connectivity index (χ1n) is 9.43. The molecular weight excluding hydrogens is 310 g/mol. The minimum Gasteiger partial charge on any atom is -0.356 e. The zero-order valence-electron chi connectivity index (χ0n) is 16.5. The molecular formula is C20H35N5. The van der Waals surface area contributed by atoms with Crippen molar-refractivity contribution in [1.82, 2.24) is 20.4 Å². The van der Waals surface area contributed by atoms with Crippen LogP contribution in [0.15, 0.2) is 29.3 Å². The maximum atomic E-state index is 4.37. The van der Waals surface area contributed by atoms with Crippen LogP contribution in [-0.2, 0) is 0 Å². The molecule has 0 saturated carbocycles. The van der Waals surface area contributed by atoms with Crippen molar-refractivity contribution < 1.29 is 0 Å². The summed E-state index contributed by atoms with van der Waals surface area (Å²) in [6, 6.07) is 9.25. The zero-order chi connectivity index (χ0) is 18.2. The van der Waals surface area contributed by atoms with Gasteiger partial charge in [-0.1, -0.05) is 36.8 Å². The lowest BCUT2D eigenvalue weighted by Crippen LogP contribution is -2.52. The average Bonchev–Trinajstić information content (AvgIpc) is 2.62. The largest absolute Gasteiger partial charge is 0.356 e. The lowest BCUT2D eigenvalue weighted by atomic mass is 9.99. The van der Waals surface area contributed by atoms with E-state index < -0.39 is 0 Å². The molecule has 25 heavy (non-hydrogen) atoms. The van der Waals surface area contributed by atoms with Crippen molar-refractivity contribution >= 4 is 5.96 Å². The van der Waals surface area contributed by atoms with Gasteiger partial charge in [-0.2, -0.15) is 0 Å². The number of aryl methyl sites for hydroxylation is 1. The molecule has 0 aliphatic carbocycles. The van der Waals surface area contributed by atoms with Gasteiger partial charge in [0.1, 0.15) is 0 Å². The SMILES string of the molecule is CN=C(NCC(C)c1cccc(C)c1)NCC(C)N1CCN(C)CC1. The molecule has 5 nitrogen and oxygen atoms in total. The second-order valence-electron chi connectivity index (χ2n) is 7.34. The van der Waals surface area contributed by atoms with Crippen LogP contribution in [0.5, 0.6) is 0 Å². The van der Waals surface area contributed by atoms with Gasteiger partial charge in [-0.05, 0) is 32.4 Å². The molecule has 1 aliphatic heterocycles. The van der Waals surface area contributed by atoms with Crippen molar-refractivity contribution in [2.75, 3.05) is 53.4 Å². The molecule has 140 valence electrons. The van der Waals surface area contributed by atoms with Crippen LogP contribution in [0.1, 0.15) is 30.9 Å². The molecule has 0 spiro atoms. The van der Waals surface area contributed by atoms with Crippen LogP contribution in [0.4, 0.5) is 0 Å². The van der Waals surface area contributed by atoms with Crippen LogP contribution in [0.25, 0.3) is 0 Å². The Morgan fingerprint density at radius 2 is 1.80 bits per heavy atom. The Kier molecular flexibility index (Phi) is 7.72. The van der Waals surface area contributed by atoms with E-state index in [1.165, 1.54) is 11.1 Å². The molecule has 0 amide bonds. The van der Waals surface area contributed by atoms with Gasteiger partial charge in [0.15, 0.2) is 5.96 Å². The van der Waals surface area contributed by atoms with Crippen LogP contribution < -0.4 is 10.6 Å². The lowest BCUT2D eigenvalue weighted by Gasteiger charge is -2.36. The molecule has 1 heterocycles. The molecule has 1 aromatic rings. The maximum absolute atomic E-state index is 4.37. The third kappa shape index (κ3) is 6.33. The second kappa shape index (κ2) is 9.78. The first-order valence-corrected chi connectivity index (χ1v) is 9.43. The number of nitrogens with one attached hydrogen (secondary N) is 2. The molecule has 0 radical (unpaired) electrons. The summed E-state index contributed by atoms with van der Waals surface area (Å²) in [5.41, 5.74) is 2.68. The highest BCUT2D eigenvalue weighted by Gasteiger charge is 2.19. The molecule has 1 fully saturated rings. The molecule has 1 aliphatic rings. The van der Waals surface area contributed by atoms with E-state index in [1.807, 2.05) is 7.05 Å². The molecule has 0 bridgehead atoms. The molecule has 2 rings (SSSR count). The van der Waals surface area contributed by atoms with Gasteiger partial charge in [-0.15, -0.1) is 0 Å². The fourth-order valence-corrected chi connectivity index (χ4v) is 3.20. The maximum Gasteiger partial charge on any atom is 0.191 e. The number of guanidine groups is 1. The summed E-state index contributed by atoms with van der Waals surface area (Å²) in [4.78, 5) is 9.31. The fourth-order valence-electron chi connectivity index (χ4n) is 3.20. The van der Waals surface area contributed by atoms with Gasteiger partial charge in [0.05, 0.1) is 0 Å². The summed E-state index contributed by atoms with van der Waals surface area (Å²) in [5.74, 6) is 1.34. The van der Waals surface area contributed by atoms with E-state index in [2.05, 4.69) is 77.5 Å². The Morgan fingerprint density at radius 3 is 2.44 bits per heavy atom. The number of rotatable bonds is 6. The summed E-state index contributed by atoms with van der Waals surface area (Å²) >= 11 is 0. The van der Waals surface area contributed by atoms with Crippen LogP contribution in [0.3, 0.4) is 0 Å². The van der Waals surface area contributed by atoms with E-state index in [0.717, 1.165) is 45.2 Å². The molecule has 2 unspecified atom stereocenters. The summed E-state index contributed by atoms with van der Waals surface area (Å²) < 4.78 is 0. The van der Waals surface area contributed by atoms with E-state index >= 15 is 0 Å². The molecule has 1 aromatic carbocycles. The van der Waals surface area contributed by atoms with Crippen molar-refractivity contribution in [3.8, 4) is 0 Å². The normalized spacial score (nSPS) is 19.5. The van der Waals surface area contributed by atoms with Crippen LogP contribution in [-0.4, -0.2) is 75.2 Å². The number of likely N-dealkylation sites (N-methyl/N-ethyl adjacent to an activating group) is 1. The van der Waals surface area contributed by atoms with Gasteiger partial charge in [0.25, 0.3) is 0 Å². The minimum atomic E-state index is 0.452. The van der Waals surface area contributed by atoms with E-state index in [4.69, 9.17) is 0 Å². The minimum absolute atomic E-state index is 0.452.